The van der Waals surface area contributed by atoms with Crippen molar-refractivity contribution in [2.45, 2.75) is 6.92 Å². The highest BCUT2D eigenvalue weighted by molar-refractivity contribution is 6.31. The summed E-state index contributed by atoms with van der Waals surface area (Å²) in [4.78, 5) is 8.00. The van der Waals surface area contributed by atoms with E-state index in [0.717, 1.165) is 5.56 Å². The fourth-order valence-electron chi connectivity index (χ4n) is 1.34. The molecule has 0 saturated carbocycles. The third kappa shape index (κ3) is 2.10. The molecule has 0 amide bonds. The molecule has 0 atom stereocenters. The quantitative estimate of drug-likeness (QED) is 0.793. The lowest BCUT2D eigenvalue weighted by Crippen LogP contribution is -1.93. The number of nitrogens with zero attached hydrogens (tertiary/aromatic N) is 2. The van der Waals surface area contributed by atoms with Gasteiger partial charge in [0.15, 0.2) is 10.9 Å². The molecular weight excluding hydrogens is 247 g/mol. The highest BCUT2D eigenvalue weighted by atomic mass is 35.5. The molecule has 2 rings (SSSR count). The summed E-state index contributed by atoms with van der Waals surface area (Å²) in [5.74, 6) is 0.391. The van der Waals surface area contributed by atoms with E-state index in [1.165, 1.54) is 0 Å². The number of benzene rings is 1. The Kier molecular flexibility index (Phi) is 2.99. The average molecular weight is 255 g/mol. The van der Waals surface area contributed by atoms with E-state index in [9.17, 15) is 5.11 Å². The van der Waals surface area contributed by atoms with Crippen LogP contribution in [0.1, 0.15) is 5.82 Å². The Balaban J connectivity index is 2.59. The van der Waals surface area contributed by atoms with E-state index >= 15 is 0 Å². The second-order valence-electron chi connectivity index (χ2n) is 3.27. The second-order valence-corrected chi connectivity index (χ2v) is 4.06. The van der Waals surface area contributed by atoms with Gasteiger partial charge in [-0.15, -0.1) is 0 Å². The Morgan fingerprint density at radius 3 is 2.31 bits per heavy atom. The van der Waals surface area contributed by atoms with E-state index in [-0.39, 0.29) is 10.9 Å². The zero-order chi connectivity index (χ0) is 11.7. The van der Waals surface area contributed by atoms with Crippen LogP contribution in [-0.2, 0) is 0 Å². The molecule has 0 fully saturated rings. The number of halogens is 2. The number of hydrogen-bond donors (Lipinski definition) is 1. The summed E-state index contributed by atoms with van der Waals surface area (Å²) in [6.07, 6.45) is 0. The zero-order valence-corrected chi connectivity index (χ0v) is 9.92. The molecule has 0 bridgehead atoms. The zero-order valence-electron chi connectivity index (χ0n) is 8.41. The van der Waals surface area contributed by atoms with Crippen LogP contribution in [0, 0.1) is 6.92 Å². The van der Waals surface area contributed by atoms with Crippen LogP contribution in [0.25, 0.3) is 11.3 Å². The fraction of sp³-hybridized carbons (Fsp3) is 0.0909. The molecule has 0 aliphatic rings. The van der Waals surface area contributed by atoms with E-state index in [2.05, 4.69) is 9.97 Å². The molecule has 1 aromatic carbocycles. The van der Waals surface area contributed by atoms with E-state index in [0.29, 0.717) is 16.5 Å². The smallest absolute Gasteiger partial charge is 0.179 e. The Hall–Kier alpha value is -1.32. The Morgan fingerprint density at radius 1 is 1.06 bits per heavy atom. The van der Waals surface area contributed by atoms with Gasteiger partial charge in [0.2, 0.25) is 0 Å². The van der Waals surface area contributed by atoms with Gasteiger partial charge in [0, 0.05) is 10.6 Å². The molecular formula is C11H8Cl2N2O. The van der Waals surface area contributed by atoms with Crippen molar-refractivity contribution < 1.29 is 5.11 Å². The van der Waals surface area contributed by atoms with Gasteiger partial charge < -0.3 is 5.11 Å². The maximum atomic E-state index is 9.75. The molecule has 1 N–H and O–H groups in total. The SMILES string of the molecule is Cc1nc(Cl)c(O)c(-c2ccc(Cl)cc2)n1. The first-order chi connectivity index (χ1) is 7.58. The van der Waals surface area contributed by atoms with E-state index in [1.807, 2.05) is 0 Å². The topological polar surface area (TPSA) is 46.0 Å². The molecule has 0 radical (unpaired) electrons. The van der Waals surface area contributed by atoms with Crippen molar-refractivity contribution in [3.05, 3.63) is 40.3 Å². The Morgan fingerprint density at radius 2 is 1.69 bits per heavy atom. The number of hydrogen-bond acceptors (Lipinski definition) is 3. The van der Waals surface area contributed by atoms with Crippen molar-refractivity contribution in [2.24, 2.45) is 0 Å². The van der Waals surface area contributed by atoms with E-state index in [4.69, 9.17) is 23.2 Å². The monoisotopic (exact) mass is 254 g/mol. The molecule has 0 unspecified atom stereocenters. The minimum atomic E-state index is -0.116. The van der Waals surface area contributed by atoms with Crippen molar-refractivity contribution in [2.75, 3.05) is 0 Å². The standard InChI is InChI=1S/C11H8Cl2N2O/c1-6-14-9(10(16)11(13)15-6)7-2-4-8(12)5-3-7/h2-5,16H,1H3. The first-order valence-electron chi connectivity index (χ1n) is 4.57. The lowest BCUT2D eigenvalue weighted by Gasteiger charge is -2.06. The minimum Gasteiger partial charge on any atom is -0.503 e. The summed E-state index contributed by atoms with van der Waals surface area (Å²) in [5, 5.41) is 10.4. The third-order valence-corrected chi connectivity index (χ3v) is 2.59. The van der Waals surface area contributed by atoms with Crippen LogP contribution in [0.2, 0.25) is 10.2 Å². The van der Waals surface area contributed by atoms with Crippen LogP contribution < -0.4 is 0 Å². The fourth-order valence-corrected chi connectivity index (χ4v) is 1.68. The number of aromatic hydroxyl groups is 1. The van der Waals surface area contributed by atoms with Gasteiger partial charge in [-0.25, -0.2) is 9.97 Å². The van der Waals surface area contributed by atoms with Gasteiger partial charge in [0.1, 0.15) is 11.5 Å². The van der Waals surface area contributed by atoms with Gasteiger partial charge in [-0.3, -0.25) is 0 Å². The predicted molar refractivity (Wildman–Crippen MR) is 63.9 cm³/mol. The largest absolute Gasteiger partial charge is 0.503 e. The summed E-state index contributed by atoms with van der Waals surface area (Å²) < 4.78 is 0. The summed E-state index contributed by atoms with van der Waals surface area (Å²) >= 11 is 11.6. The normalized spacial score (nSPS) is 10.4. The van der Waals surface area contributed by atoms with Crippen LogP contribution in [0.15, 0.2) is 24.3 Å². The number of aryl methyl sites for hydroxylation is 1. The highest BCUT2D eigenvalue weighted by Crippen LogP contribution is 2.32. The predicted octanol–water partition coefficient (Wildman–Crippen LogP) is 3.46. The summed E-state index contributed by atoms with van der Waals surface area (Å²) in [6, 6.07) is 6.98. The molecule has 82 valence electrons. The average Bonchev–Trinajstić information content (AvgIpc) is 2.25. The molecule has 1 heterocycles. The molecule has 1 aromatic heterocycles. The van der Waals surface area contributed by atoms with Crippen LogP contribution in [0.4, 0.5) is 0 Å². The van der Waals surface area contributed by atoms with Crippen molar-refractivity contribution >= 4 is 23.2 Å². The van der Waals surface area contributed by atoms with E-state index < -0.39 is 0 Å². The lowest BCUT2D eigenvalue weighted by molar-refractivity contribution is 0.471. The molecule has 16 heavy (non-hydrogen) atoms. The van der Waals surface area contributed by atoms with Crippen molar-refractivity contribution in [3.63, 3.8) is 0 Å². The number of rotatable bonds is 1. The highest BCUT2D eigenvalue weighted by Gasteiger charge is 2.11. The van der Waals surface area contributed by atoms with Gasteiger partial charge >= 0.3 is 0 Å². The molecule has 0 aliphatic carbocycles. The maximum absolute atomic E-state index is 9.75. The minimum absolute atomic E-state index is 0.0532. The van der Waals surface area contributed by atoms with Crippen molar-refractivity contribution in [1.82, 2.24) is 9.97 Å². The van der Waals surface area contributed by atoms with Crippen molar-refractivity contribution in [1.29, 1.82) is 0 Å². The molecule has 2 aromatic rings. The first kappa shape index (κ1) is 11.2. The lowest BCUT2D eigenvalue weighted by atomic mass is 10.1. The summed E-state index contributed by atoms with van der Waals surface area (Å²) in [7, 11) is 0. The second kappa shape index (κ2) is 4.28. The Bertz CT molecular complexity index is 526. The van der Waals surface area contributed by atoms with Gasteiger partial charge in [-0.1, -0.05) is 35.3 Å². The summed E-state index contributed by atoms with van der Waals surface area (Å²) in [6.45, 7) is 1.71. The van der Waals surface area contributed by atoms with Gasteiger partial charge in [0.25, 0.3) is 0 Å². The van der Waals surface area contributed by atoms with Crippen LogP contribution in [0.3, 0.4) is 0 Å². The van der Waals surface area contributed by atoms with Gasteiger partial charge in [-0.05, 0) is 19.1 Å². The maximum Gasteiger partial charge on any atom is 0.179 e. The number of aromatic nitrogens is 2. The van der Waals surface area contributed by atoms with Crippen molar-refractivity contribution in [3.8, 4) is 17.0 Å². The van der Waals surface area contributed by atoms with Crippen LogP contribution in [0.5, 0.6) is 5.75 Å². The molecule has 5 heteroatoms. The van der Waals surface area contributed by atoms with Crippen LogP contribution >= 0.6 is 23.2 Å². The molecule has 0 spiro atoms. The Labute approximate surface area is 103 Å². The third-order valence-electron chi connectivity index (χ3n) is 2.07. The molecule has 3 nitrogen and oxygen atoms in total. The van der Waals surface area contributed by atoms with E-state index in [1.54, 1.807) is 31.2 Å². The molecule has 0 aliphatic heterocycles. The van der Waals surface area contributed by atoms with Gasteiger partial charge in [-0.2, -0.15) is 0 Å². The van der Waals surface area contributed by atoms with Crippen LogP contribution in [-0.4, -0.2) is 15.1 Å². The van der Waals surface area contributed by atoms with Gasteiger partial charge in [0.05, 0.1) is 0 Å². The molecule has 0 saturated heterocycles. The summed E-state index contributed by atoms with van der Waals surface area (Å²) in [5.41, 5.74) is 1.16. The first-order valence-corrected chi connectivity index (χ1v) is 5.32.